The largest absolute Gasteiger partial charge is 0.337 e. The molecule has 0 radical (unpaired) electrons. The first kappa shape index (κ1) is 15.0. The summed E-state index contributed by atoms with van der Waals surface area (Å²) in [7, 11) is 0. The van der Waals surface area contributed by atoms with Crippen molar-refractivity contribution in [3.8, 4) is 12.3 Å². The van der Waals surface area contributed by atoms with Gasteiger partial charge >= 0.3 is 0 Å². The van der Waals surface area contributed by atoms with Crippen LogP contribution < -0.4 is 0 Å². The second-order valence-corrected chi connectivity index (χ2v) is 5.72. The van der Waals surface area contributed by atoms with Gasteiger partial charge in [-0.05, 0) is 13.5 Å². The highest BCUT2D eigenvalue weighted by Crippen LogP contribution is 2.37. The first-order chi connectivity index (χ1) is 9.60. The summed E-state index contributed by atoms with van der Waals surface area (Å²) in [6.45, 7) is 8.12. The van der Waals surface area contributed by atoms with Crippen molar-refractivity contribution >= 4 is 5.91 Å². The van der Waals surface area contributed by atoms with Gasteiger partial charge in [0, 0.05) is 51.4 Å². The van der Waals surface area contributed by atoms with Crippen LogP contribution in [0.1, 0.15) is 39.5 Å². The van der Waals surface area contributed by atoms with Gasteiger partial charge in [0.15, 0.2) is 5.66 Å². The van der Waals surface area contributed by atoms with Crippen molar-refractivity contribution in [3.63, 3.8) is 0 Å². The number of carbonyl (C=O) groups is 1. The predicted octanol–water partition coefficient (Wildman–Crippen LogP) is 1.89. The molecule has 2 aliphatic heterocycles. The van der Waals surface area contributed by atoms with E-state index in [1.54, 1.807) is 0 Å². The molecule has 0 spiro atoms. The average Bonchev–Trinajstić information content (AvgIpc) is 3.23. The molecule has 0 N–H and O–H groups in total. The Morgan fingerprint density at radius 3 is 2.70 bits per heavy atom. The van der Waals surface area contributed by atoms with Crippen LogP contribution in [0.15, 0.2) is 10.2 Å². The molecule has 20 heavy (non-hydrogen) atoms. The lowest BCUT2D eigenvalue weighted by atomic mass is 10.0. The number of terminal acetylenes is 1. The van der Waals surface area contributed by atoms with Gasteiger partial charge in [-0.1, -0.05) is 6.92 Å². The molecule has 0 saturated carbocycles. The third kappa shape index (κ3) is 3.57. The van der Waals surface area contributed by atoms with Crippen LogP contribution in [0.4, 0.5) is 0 Å². The zero-order chi connectivity index (χ0) is 14.6. The Balaban J connectivity index is 1.77. The molecule has 5 nitrogen and oxygen atoms in total. The molecule has 1 atom stereocenters. The summed E-state index contributed by atoms with van der Waals surface area (Å²) in [4.78, 5) is 16.7. The van der Waals surface area contributed by atoms with Gasteiger partial charge < -0.3 is 4.90 Å². The standard InChI is InChI=1S/C15H24N4O/c1-4-6-8-15(16-17-15)9-7-14(20)19-11-10-18(5-2)12-13(19)3/h1,13H,5-12H2,2-3H3. The second-order valence-electron chi connectivity index (χ2n) is 5.72. The molecule has 0 bridgehead atoms. The van der Waals surface area contributed by atoms with E-state index in [-0.39, 0.29) is 11.6 Å². The predicted molar refractivity (Wildman–Crippen MR) is 78.2 cm³/mol. The quantitative estimate of drug-likeness (QED) is 0.696. The monoisotopic (exact) mass is 276 g/mol. The van der Waals surface area contributed by atoms with Crippen LogP contribution in [-0.4, -0.2) is 53.6 Å². The third-order valence-corrected chi connectivity index (χ3v) is 4.27. The molecule has 1 fully saturated rings. The van der Waals surface area contributed by atoms with Crippen molar-refractivity contribution in [2.24, 2.45) is 10.2 Å². The van der Waals surface area contributed by atoms with Gasteiger partial charge in [-0.25, -0.2) is 0 Å². The Morgan fingerprint density at radius 2 is 2.15 bits per heavy atom. The van der Waals surface area contributed by atoms with Crippen molar-refractivity contribution < 1.29 is 4.79 Å². The zero-order valence-corrected chi connectivity index (χ0v) is 12.5. The number of likely N-dealkylation sites (N-methyl/N-ethyl adjacent to an activating group) is 1. The molecule has 5 heteroatoms. The van der Waals surface area contributed by atoms with Crippen LogP contribution in [0, 0.1) is 12.3 Å². The number of nitrogens with zero attached hydrogens (tertiary/aromatic N) is 4. The Bertz CT molecular complexity index is 420. The molecule has 1 amide bonds. The second kappa shape index (κ2) is 6.36. The number of amides is 1. The van der Waals surface area contributed by atoms with Crippen molar-refractivity contribution in [1.82, 2.24) is 9.80 Å². The maximum atomic E-state index is 12.3. The summed E-state index contributed by atoms with van der Waals surface area (Å²) >= 11 is 0. The summed E-state index contributed by atoms with van der Waals surface area (Å²) in [6.07, 6.45) is 7.94. The molecule has 0 aromatic carbocycles. The number of hydrogen-bond donors (Lipinski definition) is 0. The van der Waals surface area contributed by atoms with Crippen molar-refractivity contribution in [2.45, 2.75) is 51.2 Å². The molecule has 1 saturated heterocycles. The molecule has 0 aromatic rings. The number of carbonyl (C=O) groups excluding carboxylic acids is 1. The minimum Gasteiger partial charge on any atom is -0.337 e. The van der Waals surface area contributed by atoms with E-state index >= 15 is 0 Å². The van der Waals surface area contributed by atoms with Gasteiger partial charge in [0.2, 0.25) is 5.91 Å². The maximum Gasteiger partial charge on any atom is 0.223 e. The lowest BCUT2D eigenvalue weighted by Crippen LogP contribution is -2.53. The van der Waals surface area contributed by atoms with Gasteiger partial charge in [-0.3, -0.25) is 9.69 Å². The highest BCUT2D eigenvalue weighted by atomic mass is 16.2. The van der Waals surface area contributed by atoms with Crippen molar-refractivity contribution in [3.05, 3.63) is 0 Å². The molecular formula is C15H24N4O. The van der Waals surface area contributed by atoms with E-state index in [0.29, 0.717) is 25.3 Å². The van der Waals surface area contributed by atoms with Crippen molar-refractivity contribution in [2.75, 3.05) is 26.2 Å². The van der Waals surface area contributed by atoms with Crippen LogP contribution in [-0.2, 0) is 4.79 Å². The van der Waals surface area contributed by atoms with Crippen LogP contribution in [0.2, 0.25) is 0 Å². The first-order valence-corrected chi connectivity index (χ1v) is 7.49. The normalized spacial score (nSPS) is 24.4. The fraction of sp³-hybridized carbons (Fsp3) is 0.800. The van der Waals surface area contributed by atoms with E-state index in [9.17, 15) is 4.79 Å². The Morgan fingerprint density at radius 1 is 1.40 bits per heavy atom. The fourth-order valence-electron chi connectivity index (χ4n) is 2.81. The van der Waals surface area contributed by atoms with Crippen LogP contribution in [0.3, 0.4) is 0 Å². The first-order valence-electron chi connectivity index (χ1n) is 7.49. The highest BCUT2D eigenvalue weighted by Gasteiger charge is 2.40. The Hall–Kier alpha value is -1.41. The molecule has 2 heterocycles. The summed E-state index contributed by atoms with van der Waals surface area (Å²) < 4.78 is 0. The minimum atomic E-state index is -0.337. The lowest BCUT2D eigenvalue weighted by Gasteiger charge is -2.39. The third-order valence-electron chi connectivity index (χ3n) is 4.27. The lowest BCUT2D eigenvalue weighted by molar-refractivity contribution is -0.135. The highest BCUT2D eigenvalue weighted by molar-refractivity contribution is 5.76. The summed E-state index contributed by atoms with van der Waals surface area (Å²) in [5, 5.41) is 8.17. The molecule has 0 aliphatic carbocycles. The fourth-order valence-corrected chi connectivity index (χ4v) is 2.81. The van der Waals surface area contributed by atoms with Gasteiger partial charge in [0.1, 0.15) is 0 Å². The van der Waals surface area contributed by atoms with Crippen LogP contribution >= 0.6 is 0 Å². The Kier molecular flexibility index (Phi) is 4.77. The summed E-state index contributed by atoms with van der Waals surface area (Å²) in [5.74, 6) is 2.84. The van der Waals surface area contributed by atoms with Crippen LogP contribution in [0.25, 0.3) is 0 Å². The summed E-state index contributed by atoms with van der Waals surface area (Å²) in [6, 6.07) is 0.297. The van der Waals surface area contributed by atoms with Crippen molar-refractivity contribution in [1.29, 1.82) is 0 Å². The van der Waals surface area contributed by atoms with E-state index < -0.39 is 0 Å². The van der Waals surface area contributed by atoms with Gasteiger partial charge in [0.25, 0.3) is 0 Å². The molecule has 2 aliphatic rings. The molecule has 1 unspecified atom stereocenters. The molecule has 2 rings (SSSR count). The Labute approximate surface area is 121 Å². The summed E-state index contributed by atoms with van der Waals surface area (Å²) in [5.41, 5.74) is -0.337. The van der Waals surface area contributed by atoms with E-state index in [0.717, 1.165) is 32.6 Å². The van der Waals surface area contributed by atoms with E-state index in [4.69, 9.17) is 6.42 Å². The van der Waals surface area contributed by atoms with Gasteiger partial charge in [-0.15, -0.1) is 12.3 Å². The SMILES string of the molecule is C#CCCC1(CCC(=O)N2CCN(CC)CC2C)N=N1. The van der Waals surface area contributed by atoms with E-state index in [1.165, 1.54) is 0 Å². The number of rotatable bonds is 6. The number of hydrogen-bond acceptors (Lipinski definition) is 4. The molecule has 0 aromatic heterocycles. The topological polar surface area (TPSA) is 48.3 Å². The average molecular weight is 276 g/mol. The molecule has 110 valence electrons. The van der Waals surface area contributed by atoms with E-state index in [2.05, 4.69) is 34.9 Å². The van der Waals surface area contributed by atoms with Gasteiger partial charge in [0.05, 0.1) is 0 Å². The van der Waals surface area contributed by atoms with Crippen LogP contribution in [0.5, 0.6) is 0 Å². The zero-order valence-electron chi connectivity index (χ0n) is 12.5. The smallest absolute Gasteiger partial charge is 0.223 e. The minimum absolute atomic E-state index is 0.227. The number of piperazine rings is 1. The maximum absolute atomic E-state index is 12.3. The van der Waals surface area contributed by atoms with E-state index in [1.807, 2.05) is 4.90 Å². The van der Waals surface area contributed by atoms with Gasteiger partial charge in [-0.2, -0.15) is 10.2 Å². The molecular weight excluding hydrogens is 252 g/mol.